The van der Waals surface area contributed by atoms with Gasteiger partial charge in [-0.2, -0.15) is 4.98 Å². The maximum Gasteiger partial charge on any atom is 0.351 e. The number of rotatable bonds is 3. The highest BCUT2D eigenvalue weighted by molar-refractivity contribution is 5.23. The zero-order valence-corrected chi connectivity index (χ0v) is 9.51. The Balaban J connectivity index is 2.32. The molecule has 1 fully saturated rings. The van der Waals surface area contributed by atoms with Crippen LogP contribution in [-0.2, 0) is 4.74 Å². The number of nitrogens with zero attached hydrogens (tertiary/aromatic N) is 2. The van der Waals surface area contributed by atoms with Crippen LogP contribution in [0.5, 0.6) is 0 Å². The first-order valence-electron chi connectivity index (χ1n) is 5.48. The zero-order chi connectivity index (χ0) is 13.3. The lowest BCUT2D eigenvalue weighted by Crippen LogP contribution is -2.34. The monoisotopic (exact) mass is 257 g/mol. The van der Waals surface area contributed by atoms with E-state index >= 15 is 0 Å². The van der Waals surface area contributed by atoms with Crippen LogP contribution in [0, 0.1) is 5.92 Å². The van der Waals surface area contributed by atoms with Gasteiger partial charge in [-0.3, -0.25) is 4.57 Å². The van der Waals surface area contributed by atoms with Crippen molar-refractivity contribution >= 4 is 5.82 Å². The molecule has 0 radical (unpaired) electrons. The minimum atomic E-state index is -1.10. The van der Waals surface area contributed by atoms with Crippen LogP contribution >= 0.6 is 0 Å². The van der Waals surface area contributed by atoms with Crippen molar-refractivity contribution in [1.82, 2.24) is 9.55 Å². The van der Waals surface area contributed by atoms with Gasteiger partial charge in [-0.15, -0.1) is 0 Å². The Morgan fingerprint density at radius 3 is 2.67 bits per heavy atom. The lowest BCUT2D eigenvalue weighted by Gasteiger charge is -2.17. The van der Waals surface area contributed by atoms with Crippen LogP contribution in [0.25, 0.3) is 0 Å². The molecule has 18 heavy (non-hydrogen) atoms. The predicted molar refractivity (Wildman–Crippen MR) is 60.5 cm³/mol. The Hall–Kier alpha value is -1.48. The SMILES string of the molecule is Nc1ccn([C@@H]2O[C@H](CO)[C@@H](CO)[C@@H]2O)c(=O)n1. The molecule has 4 atom stereocenters. The summed E-state index contributed by atoms with van der Waals surface area (Å²) in [6.45, 7) is -0.698. The largest absolute Gasteiger partial charge is 0.396 e. The van der Waals surface area contributed by atoms with Gasteiger partial charge in [0.15, 0.2) is 6.23 Å². The van der Waals surface area contributed by atoms with Crippen molar-refractivity contribution in [3.05, 3.63) is 22.7 Å². The summed E-state index contributed by atoms with van der Waals surface area (Å²) < 4.78 is 6.44. The molecule has 100 valence electrons. The van der Waals surface area contributed by atoms with Crippen molar-refractivity contribution in [3.8, 4) is 0 Å². The standard InChI is InChI=1S/C10H15N3O5/c11-7-1-2-13(10(17)12-7)9-8(16)5(3-14)6(4-15)18-9/h1-2,5-6,8-9,14-16H,3-4H2,(H2,11,12,17)/t5-,6-,8+,9-/m1/s1. The van der Waals surface area contributed by atoms with Gasteiger partial charge in [0.05, 0.1) is 19.3 Å². The molecule has 1 aliphatic heterocycles. The van der Waals surface area contributed by atoms with Crippen molar-refractivity contribution < 1.29 is 20.1 Å². The lowest BCUT2D eigenvalue weighted by molar-refractivity contribution is -0.0537. The number of nitrogen functional groups attached to an aromatic ring is 1. The third kappa shape index (κ3) is 2.10. The van der Waals surface area contributed by atoms with Gasteiger partial charge in [0.1, 0.15) is 11.9 Å². The zero-order valence-electron chi connectivity index (χ0n) is 9.51. The van der Waals surface area contributed by atoms with Gasteiger partial charge in [0.25, 0.3) is 0 Å². The minimum absolute atomic E-state index is 0.0705. The van der Waals surface area contributed by atoms with E-state index in [1.54, 1.807) is 0 Å². The molecular formula is C10H15N3O5. The van der Waals surface area contributed by atoms with Crippen molar-refractivity contribution in [1.29, 1.82) is 0 Å². The molecule has 5 N–H and O–H groups in total. The molecule has 1 saturated heterocycles. The summed E-state index contributed by atoms with van der Waals surface area (Å²) in [6, 6.07) is 1.40. The van der Waals surface area contributed by atoms with Gasteiger partial charge < -0.3 is 25.8 Å². The van der Waals surface area contributed by atoms with E-state index in [0.717, 1.165) is 4.57 Å². The fourth-order valence-corrected chi connectivity index (χ4v) is 2.05. The molecule has 2 rings (SSSR count). The molecule has 8 nitrogen and oxygen atoms in total. The summed E-state index contributed by atoms with van der Waals surface area (Å²) in [5.74, 6) is -0.578. The smallest absolute Gasteiger partial charge is 0.351 e. The highest BCUT2D eigenvalue weighted by atomic mass is 16.5. The average Bonchev–Trinajstić information content (AvgIpc) is 2.66. The molecule has 1 aliphatic rings. The van der Waals surface area contributed by atoms with Gasteiger partial charge >= 0.3 is 5.69 Å². The van der Waals surface area contributed by atoms with Crippen LogP contribution in [0.1, 0.15) is 6.23 Å². The summed E-state index contributed by atoms with van der Waals surface area (Å²) in [6.07, 6.45) is -1.46. The second-order valence-corrected chi connectivity index (χ2v) is 4.13. The maximum atomic E-state index is 11.6. The van der Waals surface area contributed by atoms with E-state index in [9.17, 15) is 9.90 Å². The molecule has 2 heterocycles. The van der Waals surface area contributed by atoms with Crippen LogP contribution < -0.4 is 11.4 Å². The summed E-state index contributed by atoms with van der Waals surface area (Å²) in [7, 11) is 0. The molecule has 0 saturated carbocycles. The van der Waals surface area contributed by atoms with E-state index in [2.05, 4.69) is 4.98 Å². The summed E-state index contributed by atoms with van der Waals surface area (Å²) >= 11 is 0. The number of nitrogens with two attached hydrogens (primary N) is 1. The van der Waals surface area contributed by atoms with Crippen LogP contribution in [0.15, 0.2) is 17.1 Å². The molecule has 0 bridgehead atoms. The first-order valence-corrected chi connectivity index (χ1v) is 5.48. The number of aromatic nitrogens is 2. The van der Waals surface area contributed by atoms with Gasteiger partial charge in [-0.1, -0.05) is 0 Å². The van der Waals surface area contributed by atoms with Crippen LogP contribution in [0.3, 0.4) is 0 Å². The molecule has 8 heteroatoms. The van der Waals surface area contributed by atoms with E-state index < -0.39 is 30.0 Å². The molecule has 1 aromatic heterocycles. The normalized spacial score (nSPS) is 31.7. The fraction of sp³-hybridized carbons (Fsp3) is 0.600. The molecular weight excluding hydrogens is 242 g/mol. The Labute approximate surface area is 102 Å². The van der Waals surface area contributed by atoms with E-state index in [-0.39, 0.29) is 19.0 Å². The Kier molecular flexibility index (Phi) is 3.62. The number of aliphatic hydroxyl groups is 3. The van der Waals surface area contributed by atoms with Crippen LogP contribution in [0.4, 0.5) is 5.82 Å². The van der Waals surface area contributed by atoms with Gasteiger partial charge in [-0.05, 0) is 6.07 Å². The van der Waals surface area contributed by atoms with Gasteiger partial charge in [-0.25, -0.2) is 4.79 Å². The van der Waals surface area contributed by atoms with E-state index in [0.29, 0.717) is 0 Å². The molecule has 0 aliphatic carbocycles. The molecule has 0 amide bonds. The maximum absolute atomic E-state index is 11.6. The number of anilines is 1. The first kappa shape index (κ1) is 13.0. The predicted octanol–water partition coefficient (Wildman–Crippen LogP) is -2.32. The molecule has 0 unspecified atom stereocenters. The highest BCUT2D eigenvalue weighted by Gasteiger charge is 2.44. The highest BCUT2D eigenvalue weighted by Crippen LogP contribution is 2.32. The molecule has 0 spiro atoms. The third-order valence-corrected chi connectivity index (χ3v) is 3.04. The minimum Gasteiger partial charge on any atom is -0.396 e. The second-order valence-electron chi connectivity index (χ2n) is 4.13. The van der Waals surface area contributed by atoms with Gasteiger partial charge in [0.2, 0.25) is 0 Å². The summed E-state index contributed by atoms with van der Waals surface area (Å²) in [4.78, 5) is 15.1. The Bertz CT molecular complexity index is 477. The van der Waals surface area contributed by atoms with Gasteiger partial charge in [0, 0.05) is 12.1 Å². The van der Waals surface area contributed by atoms with Crippen molar-refractivity contribution in [3.63, 3.8) is 0 Å². The Morgan fingerprint density at radius 2 is 2.17 bits per heavy atom. The number of ether oxygens (including phenoxy) is 1. The number of aliphatic hydroxyl groups excluding tert-OH is 3. The number of hydrogen-bond donors (Lipinski definition) is 4. The van der Waals surface area contributed by atoms with E-state index in [1.165, 1.54) is 12.3 Å². The van der Waals surface area contributed by atoms with Crippen molar-refractivity contribution in [2.75, 3.05) is 18.9 Å². The van der Waals surface area contributed by atoms with Crippen molar-refractivity contribution in [2.24, 2.45) is 5.92 Å². The van der Waals surface area contributed by atoms with E-state index in [4.69, 9.17) is 20.7 Å². The quantitative estimate of drug-likeness (QED) is 0.478. The molecule has 0 aromatic carbocycles. The lowest BCUT2D eigenvalue weighted by atomic mass is 9.99. The van der Waals surface area contributed by atoms with E-state index in [1.807, 2.05) is 0 Å². The second kappa shape index (κ2) is 5.02. The van der Waals surface area contributed by atoms with Crippen LogP contribution in [-0.4, -0.2) is 50.3 Å². The Morgan fingerprint density at radius 1 is 1.44 bits per heavy atom. The number of hydrogen-bond acceptors (Lipinski definition) is 7. The van der Waals surface area contributed by atoms with Crippen LogP contribution in [0.2, 0.25) is 0 Å². The van der Waals surface area contributed by atoms with Crippen molar-refractivity contribution in [2.45, 2.75) is 18.4 Å². The molecule has 1 aromatic rings. The first-order chi connectivity index (χ1) is 8.58. The fourth-order valence-electron chi connectivity index (χ4n) is 2.05. The third-order valence-electron chi connectivity index (χ3n) is 3.04. The average molecular weight is 257 g/mol. The summed E-state index contributed by atoms with van der Waals surface area (Å²) in [5, 5.41) is 28.2. The topological polar surface area (TPSA) is 131 Å². The summed E-state index contributed by atoms with van der Waals surface area (Å²) in [5.41, 5.74) is 4.70.